The van der Waals surface area contributed by atoms with Crippen LogP contribution in [-0.2, 0) is 11.0 Å². The first-order valence-corrected chi connectivity index (χ1v) is 7.52. The van der Waals surface area contributed by atoms with Gasteiger partial charge in [-0.25, -0.2) is 8.78 Å². The molecular weight excluding hydrogens is 345 g/mol. The van der Waals surface area contributed by atoms with Gasteiger partial charge in [-0.1, -0.05) is 6.07 Å². The molecule has 1 aliphatic heterocycles. The summed E-state index contributed by atoms with van der Waals surface area (Å²) in [5.74, 6) is -0.870. The Morgan fingerprint density at radius 2 is 2.00 bits per heavy atom. The van der Waals surface area contributed by atoms with Crippen LogP contribution in [0.4, 0.5) is 27.6 Å². The number of halogens is 5. The molecule has 1 saturated heterocycles. The molecule has 2 heterocycles. The van der Waals surface area contributed by atoms with E-state index < -0.39 is 36.5 Å². The summed E-state index contributed by atoms with van der Waals surface area (Å²) in [6.45, 7) is -0.0574. The van der Waals surface area contributed by atoms with Crippen LogP contribution in [-0.4, -0.2) is 37.0 Å². The molecule has 0 saturated carbocycles. The number of carbonyl (C=O) groups excluding carboxylic acids is 1. The number of nitrogens with zero attached hydrogens (tertiary/aromatic N) is 2. The van der Waals surface area contributed by atoms with Crippen molar-refractivity contribution in [3.63, 3.8) is 0 Å². The number of hydrogen-bond acceptors (Lipinski definition) is 3. The highest BCUT2D eigenvalue weighted by Crippen LogP contribution is 2.35. The largest absolute Gasteiger partial charge is 0.416 e. The molecule has 1 fully saturated rings. The molecule has 3 rings (SSSR count). The molecule has 9 heteroatoms. The van der Waals surface area contributed by atoms with E-state index in [2.05, 4.69) is 10.3 Å². The molecule has 134 valence electrons. The van der Waals surface area contributed by atoms with Gasteiger partial charge in [0.25, 0.3) is 6.43 Å². The number of fused-ring (bicyclic) bond motifs is 1. The molecule has 2 aromatic rings. The average Bonchev–Trinajstić information content (AvgIpc) is 2.50. The molecule has 0 aliphatic carbocycles. The number of benzene rings is 1. The second-order valence-corrected chi connectivity index (χ2v) is 5.80. The van der Waals surface area contributed by atoms with Crippen LogP contribution in [0.1, 0.15) is 5.56 Å². The van der Waals surface area contributed by atoms with E-state index in [1.165, 1.54) is 12.3 Å². The van der Waals surface area contributed by atoms with E-state index in [0.717, 1.165) is 12.1 Å². The van der Waals surface area contributed by atoms with Gasteiger partial charge < -0.3 is 10.2 Å². The van der Waals surface area contributed by atoms with Crippen LogP contribution in [0.25, 0.3) is 10.9 Å². The molecule has 1 aromatic heterocycles. The van der Waals surface area contributed by atoms with Gasteiger partial charge in [-0.15, -0.1) is 0 Å². The molecule has 0 unspecified atom stereocenters. The number of nitrogens with one attached hydrogen (secondary N) is 1. The molecule has 4 nitrogen and oxygen atoms in total. The molecule has 0 radical (unpaired) electrons. The number of aromatic nitrogens is 1. The smallest absolute Gasteiger partial charge is 0.369 e. The first kappa shape index (κ1) is 17.4. The molecule has 0 bridgehead atoms. The van der Waals surface area contributed by atoms with Gasteiger partial charge in [0.1, 0.15) is 0 Å². The number of amides is 1. The predicted molar refractivity (Wildman–Crippen MR) is 81.5 cm³/mol. The summed E-state index contributed by atoms with van der Waals surface area (Å²) >= 11 is 0. The van der Waals surface area contributed by atoms with Crippen molar-refractivity contribution in [3.05, 3.63) is 36.0 Å². The van der Waals surface area contributed by atoms with Crippen LogP contribution in [0, 0.1) is 5.92 Å². The number of carbonyl (C=O) groups is 1. The maximum absolute atomic E-state index is 12.8. The Kier molecular flexibility index (Phi) is 4.49. The maximum Gasteiger partial charge on any atom is 0.416 e. The summed E-state index contributed by atoms with van der Waals surface area (Å²) in [5.41, 5.74) is 0.0899. The molecule has 0 atom stereocenters. The summed E-state index contributed by atoms with van der Waals surface area (Å²) < 4.78 is 62.6. The normalized spacial score (nSPS) is 15.5. The van der Waals surface area contributed by atoms with E-state index in [9.17, 15) is 26.7 Å². The Morgan fingerprint density at radius 3 is 2.64 bits per heavy atom. The van der Waals surface area contributed by atoms with E-state index in [1.807, 2.05) is 4.90 Å². The number of hydrogen-bond donors (Lipinski definition) is 1. The Balaban J connectivity index is 1.74. The van der Waals surface area contributed by atoms with E-state index in [1.54, 1.807) is 6.07 Å². The molecular formula is C16H14F5N3O. The third-order valence-electron chi connectivity index (χ3n) is 4.07. The Labute approximate surface area is 139 Å². The summed E-state index contributed by atoms with van der Waals surface area (Å²) in [7, 11) is 0. The first-order chi connectivity index (χ1) is 11.8. The zero-order valence-corrected chi connectivity index (χ0v) is 12.9. The van der Waals surface area contributed by atoms with Crippen molar-refractivity contribution >= 4 is 22.5 Å². The van der Waals surface area contributed by atoms with Crippen molar-refractivity contribution in [1.29, 1.82) is 0 Å². The standard InChI is InChI=1S/C16H14F5N3O/c17-14(18)6-23-15(25)9-7-24(8-9)13-3-4-22-12-5-10(16(19,20)21)1-2-11(12)13/h1-5,9,14H,6-8H2,(H,23,25). The van der Waals surface area contributed by atoms with Crippen LogP contribution in [0.2, 0.25) is 0 Å². The van der Waals surface area contributed by atoms with E-state index >= 15 is 0 Å². The zero-order valence-electron chi connectivity index (χ0n) is 12.9. The molecule has 1 aliphatic rings. The third-order valence-corrected chi connectivity index (χ3v) is 4.07. The summed E-state index contributed by atoms with van der Waals surface area (Å²) in [6.07, 6.45) is -5.65. The fourth-order valence-electron chi connectivity index (χ4n) is 2.75. The Hall–Kier alpha value is -2.45. The SMILES string of the molecule is O=C(NCC(F)F)C1CN(c2ccnc3cc(C(F)(F)F)ccc23)C1. The monoisotopic (exact) mass is 359 g/mol. The van der Waals surface area contributed by atoms with Crippen molar-refractivity contribution in [3.8, 4) is 0 Å². The van der Waals surface area contributed by atoms with Gasteiger partial charge in [0.05, 0.1) is 23.5 Å². The summed E-state index contributed by atoms with van der Waals surface area (Å²) in [5, 5.41) is 2.71. The highest BCUT2D eigenvalue weighted by Gasteiger charge is 2.34. The average molecular weight is 359 g/mol. The van der Waals surface area contributed by atoms with Gasteiger partial charge >= 0.3 is 6.18 Å². The number of pyridine rings is 1. The lowest BCUT2D eigenvalue weighted by Gasteiger charge is -2.40. The Bertz CT molecular complexity index is 787. The number of alkyl halides is 5. The van der Waals surface area contributed by atoms with Crippen molar-refractivity contribution in [2.24, 2.45) is 5.92 Å². The van der Waals surface area contributed by atoms with Gasteiger partial charge in [-0.05, 0) is 18.2 Å². The number of anilines is 1. The van der Waals surface area contributed by atoms with Crippen molar-refractivity contribution in [1.82, 2.24) is 10.3 Å². The Morgan fingerprint density at radius 1 is 1.28 bits per heavy atom. The van der Waals surface area contributed by atoms with Gasteiger partial charge in [-0.3, -0.25) is 9.78 Å². The fourth-order valence-corrected chi connectivity index (χ4v) is 2.75. The minimum absolute atomic E-state index is 0.206. The highest BCUT2D eigenvalue weighted by atomic mass is 19.4. The molecule has 1 aromatic carbocycles. The van der Waals surface area contributed by atoms with E-state index in [-0.39, 0.29) is 5.52 Å². The number of rotatable bonds is 4. The lowest BCUT2D eigenvalue weighted by molar-refractivity contribution is -0.137. The minimum Gasteiger partial charge on any atom is -0.369 e. The van der Waals surface area contributed by atoms with Crippen LogP contribution in [0.15, 0.2) is 30.5 Å². The third kappa shape index (κ3) is 3.64. The molecule has 1 N–H and O–H groups in total. The fraction of sp³-hybridized carbons (Fsp3) is 0.375. The van der Waals surface area contributed by atoms with Gasteiger partial charge in [0, 0.05) is 30.4 Å². The quantitative estimate of drug-likeness (QED) is 0.854. The van der Waals surface area contributed by atoms with Crippen LogP contribution >= 0.6 is 0 Å². The second kappa shape index (κ2) is 6.45. The van der Waals surface area contributed by atoms with Gasteiger partial charge in [-0.2, -0.15) is 13.2 Å². The predicted octanol–water partition coefficient (Wildman–Crippen LogP) is 3.07. The van der Waals surface area contributed by atoms with Gasteiger partial charge in [0.2, 0.25) is 5.91 Å². The van der Waals surface area contributed by atoms with E-state index in [0.29, 0.717) is 24.2 Å². The molecule has 25 heavy (non-hydrogen) atoms. The maximum atomic E-state index is 12.8. The van der Waals surface area contributed by atoms with Crippen molar-refractivity contribution < 1.29 is 26.7 Å². The summed E-state index contributed by atoms with van der Waals surface area (Å²) in [4.78, 5) is 17.5. The van der Waals surface area contributed by atoms with Crippen LogP contribution in [0.3, 0.4) is 0 Å². The molecule has 0 spiro atoms. The second-order valence-electron chi connectivity index (χ2n) is 5.80. The lowest BCUT2D eigenvalue weighted by Crippen LogP contribution is -2.54. The minimum atomic E-state index is -4.45. The van der Waals surface area contributed by atoms with Crippen molar-refractivity contribution in [2.45, 2.75) is 12.6 Å². The topological polar surface area (TPSA) is 45.2 Å². The first-order valence-electron chi connectivity index (χ1n) is 7.52. The van der Waals surface area contributed by atoms with Crippen LogP contribution < -0.4 is 10.2 Å². The van der Waals surface area contributed by atoms with Gasteiger partial charge in [0.15, 0.2) is 0 Å². The highest BCUT2D eigenvalue weighted by molar-refractivity contribution is 5.93. The lowest BCUT2D eigenvalue weighted by atomic mass is 9.97. The van der Waals surface area contributed by atoms with Crippen LogP contribution in [0.5, 0.6) is 0 Å². The molecule has 1 amide bonds. The zero-order chi connectivity index (χ0) is 18.2. The summed E-state index contributed by atoms with van der Waals surface area (Å²) in [6, 6.07) is 4.97. The van der Waals surface area contributed by atoms with E-state index in [4.69, 9.17) is 0 Å². The van der Waals surface area contributed by atoms with Crippen molar-refractivity contribution in [2.75, 3.05) is 24.5 Å².